The number of benzene rings is 1. The Morgan fingerprint density at radius 2 is 2.00 bits per heavy atom. The second kappa shape index (κ2) is 6.89. The van der Waals surface area contributed by atoms with Gasteiger partial charge in [0.1, 0.15) is 0 Å². The van der Waals surface area contributed by atoms with Crippen molar-refractivity contribution in [3.63, 3.8) is 0 Å². The molecule has 1 aromatic rings. The van der Waals surface area contributed by atoms with Crippen molar-refractivity contribution in [1.82, 2.24) is 10.2 Å². The van der Waals surface area contributed by atoms with Crippen LogP contribution in [0.25, 0.3) is 0 Å². The molecule has 1 heterocycles. The summed E-state index contributed by atoms with van der Waals surface area (Å²) in [6.07, 6.45) is 1.98. The van der Waals surface area contributed by atoms with Crippen molar-refractivity contribution >= 4 is 23.4 Å². The predicted molar refractivity (Wildman–Crippen MR) is 86.8 cm³/mol. The van der Waals surface area contributed by atoms with Gasteiger partial charge in [0, 0.05) is 24.5 Å². The van der Waals surface area contributed by atoms with E-state index < -0.39 is 12.1 Å². The molecule has 1 saturated carbocycles. The van der Waals surface area contributed by atoms with Crippen LogP contribution in [-0.2, 0) is 16.1 Å². The van der Waals surface area contributed by atoms with Crippen molar-refractivity contribution in [1.29, 1.82) is 0 Å². The Balaban J connectivity index is 1.63. The number of amides is 2. The molecule has 23 heavy (non-hydrogen) atoms. The third kappa shape index (κ3) is 4.03. The minimum absolute atomic E-state index is 0.0287. The normalized spacial score (nSPS) is 22.3. The van der Waals surface area contributed by atoms with Crippen LogP contribution in [0.4, 0.5) is 0 Å². The number of hydrogen-bond donors (Lipinski definition) is 2. The smallest absolute Gasteiger partial charge is 0.251 e. The molecule has 2 amide bonds. The number of likely N-dealkylation sites (tertiary alicyclic amines) is 1. The largest absolute Gasteiger partial charge is 0.381 e. The second-order valence-electron chi connectivity index (χ2n) is 6.39. The van der Waals surface area contributed by atoms with Gasteiger partial charge < -0.3 is 15.3 Å². The van der Waals surface area contributed by atoms with E-state index in [4.69, 9.17) is 11.6 Å². The van der Waals surface area contributed by atoms with Gasteiger partial charge in [-0.2, -0.15) is 0 Å². The van der Waals surface area contributed by atoms with Crippen molar-refractivity contribution < 1.29 is 14.7 Å². The van der Waals surface area contributed by atoms with E-state index in [2.05, 4.69) is 5.32 Å². The molecule has 1 aliphatic carbocycles. The van der Waals surface area contributed by atoms with Crippen LogP contribution in [0.5, 0.6) is 0 Å². The lowest BCUT2D eigenvalue weighted by atomic mass is 10.1. The first kappa shape index (κ1) is 16.3. The number of aliphatic hydroxyl groups excluding tert-OH is 1. The number of nitrogens with zero attached hydrogens (tertiary/aromatic N) is 1. The third-order valence-electron chi connectivity index (χ3n) is 4.54. The van der Waals surface area contributed by atoms with Gasteiger partial charge in [-0.3, -0.25) is 9.59 Å². The molecule has 1 aliphatic heterocycles. The maximum absolute atomic E-state index is 12.1. The Morgan fingerprint density at radius 3 is 2.65 bits per heavy atom. The summed E-state index contributed by atoms with van der Waals surface area (Å²) in [7, 11) is 0. The van der Waals surface area contributed by atoms with E-state index >= 15 is 0 Å². The quantitative estimate of drug-likeness (QED) is 0.831. The molecule has 2 fully saturated rings. The van der Waals surface area contributed by atoms with E-state index in [9.17, 15) is 14.7 Å². The highest BCUT2D eigenvalue weighted by Gasteiger charge is 2.39. The van der Waals surface area contributed by atoms with Crippen molar-refractivity contribution in [3.8, 4) is 0 Å². The van der Waals surface area contributed by atoms with Gasteiger partial charge in [-0.1, -0.05) is 23.7 Å². The summed E-state index contributed by atoms with van der Waals surface area (Å²) in [6.45, 7) is 1.00. The molecule has 2 unspecified atom stereocenters. The zero-order chi connectivity index (χ0) is 16.4. The van der Waals surface area contributed by atoms with E-state index in [0.29, 0.717) is 36.9 Å². The van der Waals surface area contributed by atoms with Crippen molar-refractivity contribution in [2.45, 2.75) is 44.4 Å². The first-order valence-electron chi connectivity index (χ1n) is 8.04. The maximum atomic E-state index is 12.1. The average molecular weight is 337 g/mol. The van der Waals surface area contributed by atoms with Crippen LogP contribution in [-0.4, -0.2) is 40.5 Å². The molecule has 6 heteroatoms. The lowest BCUT2D eigenvalue weighted by molar-refractivity contribution is -0.137. The predicted octanol–water partition coefficient (Wildman–Crippen LogP) is 1.72. The fourth-order valence-corrected chi connectivity index (χ4v) is 3.05. The van der Waals surface area contributed by atoms with E-state index in [1.54, 1.807) is 17.0 Å². The summed E-state index contributed by atoms with van der Waals surface area (Å²) in [5.41, 5.74) is 0.931. The Labute approximate surface area is 140 Å². The second-order valence-corrected chi connectivity index (χ2v) is 6.82. The zero-order valence-corrected chi connectivity index (χ0v) is 13.6. The Morgan fingerprint density at radius 1 is 1.30 bits per heavy atom. The van der Waals surface area contributed by atoms with Gasteiger partial charge in [0.05, 0.1) is 6.04 Å². The minimum atomic E-state index is -1.17. The molecule has 0 aromatic heterocycles. The van der Waals surface area contributed by atoms with Gasteiger partial charge >= 0.3 is 0 Å². The van der Waals surface area contributed by atoms with E-state index in [1.807, 2.05) is 12.1 Å². The first-order valence-corrected chi connectivity index (χ1v) is 8.42. The standard InChI is InChI=1S/C17H21ClN2O3/c18-13-5-3-12(4-6-13)10-20-14(7-8-15(20)21)16(22)17(23)19-9-11-1-2-11/h3-6,11,14,16,22H,1-2,7-10H2,(H,19,23). The highest BCUT2D eigenvalue weighted by molar-refractivity contribution is 6.30. The summed E-state index contributed by atoms with van der Waals surface area (Å²) in [4.78, 5) is 25.8. The molecule has 0 radical (unpaired) electrons. The van der Waals surface area contributed by atoms with Crippen LogP contribution < -0.4 is 5.32 Å². The van der Waals surface area contributed by atoms with Gasteiger partial charge in [-0.15, -0.1) is 0 Å². The number of halogens is 1. The summed E-state index contributed by atoms with van der Waals surface area (Å²) >= 11 is 5.87. The van der Waals surface area contributed by atoms with Crippen LogP contribution in [0.15, 0.2) is 24.3 Å². The molecule has 1 aromatic carbocycles. The Bertz CT molecular complexity index is 586. The molecule has 0 spiro atoms. The van der Waals surface area contributed by atoms with Crippen LogP contribution in [0.3, 0.4) is 0 Å². The molecule has 2 atom stereocenters. The van der Waals surface area contributed by atoms with Crippen LogP contribution in [0, 0.1) is 5.92 Å². The molecule has 2 N–H and O–H groups in total. The van der Waals surface area contributed by atoms with E-state index in [-0.39, 0.29) is 11.8 Å². The summed E-state index contributed by atoms with van der Waals surface area (Å²) in [6, 6.07) is 6.78. The molecule has 5 nitrogen and oxygen atoms in total. The van der Waals surface area contributed by atoms with Gasteiger partial charge in [0.25, 0.3) is 5.91 Å². The number of nitrogens with one attached hydrogen (secondary N) is 1. The van der Waals surface area contributed by atoms with Gasteiger partial charge in [0.15, 0.2) is 6.10 Å². The number of rotatable bonds is 6. The summed E-state index contributed by atoms with van der Waals surface area (Å²) in [5.74, 6) is 0.151. The Kier molecular flexibility index (Phi) is 4.87. The Hall–Kier alpha value is -1.59. The monoisotopic (exact) mass is 336 g/mol. The van der Waals surface area contributed by atoms with Gasteiger partial charge in [0.2, 0.25) is 5.91 Å². The fraction of sp³-hybridized carbons (Fsp3) is 0.529. The molecule has 3 rings (SSSR count). The zero-order valence-electron chi connectivity index (χ0n) is 12.9. The number of carbonyl (C=O) groups excluding carboxylic acids is 2. The van der Waals surface area contributed by atoms with Gasteiger partial charge in [-0.05, 0) is 42.9 Å². The van der Waals surface area contributed by atoms with E-state index in [0.717, 1.165) is 18.4 Å². The summed E-state index contributed by atoms with van der Waals surface area (Å²) in [5, 5.41) is 13.8. The van der Waals surface area contributed by atoms with Gasteiger partial charge in [-0.25, -0.2) is 0 Å². The molecular formula is C17H21ClN2O3. The average Bonchev–Trinajstić information content (AvgIpc) is 3.31. The third-order valence-corrected chi connectivity index (χ3v) is 4.79. The topological polar surface area (TPSA) is 69.6 Å². The minimum Gasteiger partial charge on any atom is -0.381 e. The molecule has 124 valence electrons. The molecule has 1 saturated heterocycles. The lowest BCUT2D eigenvalue weighted by Crippen LogP contribution is -2.49. The number of carbonyl (C=O) groups is 2. The highest BCUT2D eigenvalue weighted by atomic mass is 35.5. The van der Waals surface area contributed by atoms with Crippen LogP contribution in [0.1, 0.15) is 31.2 Å². The first-order chi connectivity index (χ1) is 11.0. The van der Waals surface area contributed by atoms with Crippen LogP contribution >= 0.6 is 11.6 Å². The summed E-state index contributed by atoms with van der Waals surface area (Å²) < 4.78 is 0. The SMILES string of the molecule is O=C(NCC1CC1)C(O)C1CCC(=O)N1Cc1ccc(Cl)cc1. The fourth-order valence-electron chi connectivity index (χ4n) is 2.92. The molecular weight excluding hydrogens is 316 g/mol. The molecule has 2 aliphatic rings. The van der Waals surface area contributed by atoms with Crippen molar-refractivity contribution in [2.24, 2.45) is 5.92 Å². The number of aliphatic hydroxyl groups is 1. The van der Waals surface area contributed by atoms with E-state index in [1.165, 1.54) is 0 Å². The van der Waals surface area contributed by atoms with Crippen LogP contribution in [0.2, 0.25) is 5.02 Å². The van der Waals surface area contributed by atoms with Crippen molar-refractivity contribution in [3.05, 3.63) is 34.9 Å². The maximum Gasteiger partial charge on any atom is 0.251 e. The highest BCUT2D eigenvalue weighted by Crippen LogP contribution is 2.28. The lowest BCUT2D eigenvalue weighted by Gasteiger charge is -2.28. The van der Waals surface area contributed by atoms with Crippen molar-refractivity contribution in [2.75, 3.05) is 6.54 Å². The number of hydrogen-bond acceptors (Lipinski definition) is 3. The molecule has 0 bridgehead atoms.